The Kier molecular flexibility index (Phi) is 7.37. The van der Waals surface area contributed by atoms with Crippen LogP contribution >= 0.6 is 0 Å². The molecule has 0 bridgehead atoms. The number of benzene rings is 3. The molecule has 4 N–H and O–H groups in total. The van der Waals surface area contributed by atoms with Crippen LogP contribution in [-0.2, 0) is 14.8 Å². The summed E-state index contributed by atoms with van der Waals surface area (Å²) in [6, 6.07) is 20.8. The van der Waals surface area contributed by atoms with Crippen LogP contribution in [0.1, 0.15) is 31.3 Å². The van der Waals surface area contributed by atoms with Crippen LogP contribution in [0.25, 0.3) is 11.4 Å². The second-order valence-electron chi connectivity index (χ2n) is 9.02. The molecule has 0 unspecified atom stereocenters. The number of nitrogens with two attached hydrogens (primary N) is 1. The molecule has 1 amide bonds. The minimum Gasteiger partial charge on any atom is -0.337 e. The van der Waals surface area contributed by atoms with E-state index >= 15 is 0 Å². The number of nitrogens with zero attached hydrogens (tertiary/aromatic N) is 2. The molecule has 0 aliphatic heterocycles. The monoisotopic (exact) mass is 523 g/mol. The van der Waals surface area contributed by atoms with Crippen LogP contribution in [0.15, 0.2) is 88.3 Å². The zero-order chi connectivity index (χ0) is 26.6. The topological polar surface area (TPSA) is 140 Å². The normalized spacial score (nSPS) is 12.6. The molecule has 0 saturated carbocycles. The highest BCUT2D eigenvalue weighted by Crippen LogP contribution is 2.25. The van der Waals surface area contributed by atoms with Crippen LogP contribution in [0.5, 0.6) is 0 Å². The number of rotatable bonds is 9. The number of anilines is 2. The molecule has 11 heteroatoms. The van der Waals surface area contributed by atoms with Crippen molar-refractivity contribution in [1.29, 1.82) is 0 Å². The van der Waals surface area contributed by atoms with Crippen molar-refractivity contribution in [3.63, 3.8) is 0 Å². The third-order valence-corrected chi connectivity index (χ3v) is 7.03. The molecule has 0 fully saturated rings. The van der Waals surface area contributed by atoms with Gasteiger partial charge in [-0.2, -0.15) is 4.98 Å². The summed E-state index contributed by atoms with van der Waals surface area (Å²) in [4.78, 5) is 16.5. The first-order valence-corrected chi connectivity index (χ1v) is 12.8. The number of amides is 1. The van der Waals surface area contributed by atoms with Crippen molar-refractivity contribution in [2.45, 2.75) is 24.8 Å². The second kappa shape index (κ2) is 10.5. The second-order valence-corrected chi connectivity index (χ2v) is 10.7. The van der Waals surface area contributed by atoms with E-state index in [1.165, 1.54) is 50.2 Å². The summed E-state index contributed by atoms with van der Waals surface area (Å²) in [6.07, 6.45) is 0. The maximum absolute atomic E-state index is 13.0. The van der Waals surface area contributed by atoms with Crippen LogP contribution in [0.2, 0.25) is 0 Å². The Morgan fingerprint density at radius 1 is 1.00 bits per heavy atom. The molecule has 3 aromatic carbocycles. The van der Waals surface area contributed by atoms with Gasteiger partial charge in [0, 0.05) is 16.9 Å². The van der Waals surface area contributed by atoms with Crippen molar-refractivity contribution in [3.05, 3.63) is 90.3 Å². The maximum Gasteiger partial charge on any atom is 0.261 e. The van der Waals surface area contributed by atoms with Crippen LogP contribution in [0, 0.1) is 5.41 Å². The van der Waals surface area contributed by atoms with Gasteiger partial charge in [0.2, 0.25) is 17.6 Å². The highest BCUT2D eigenvalue weighted by molar-refractivity contribution is 7.92. The first kappa shape index (κ1) is 26.0. The van der Waals surface area contributed by atoms with Gasteiger partial charge in [-0.05, 0) is 67.9 Å². The third-order valence-electron chi connectivity index (χ3n) is 5.63. The van der Waals surface area contributed by atoms with Crippen LogP contribution in [-0.4, -0.2) is 31.1 Å². The fourth-order valence-corrected chi connectivity index (χ4v) is 4.32. The van der Waals surface area contributed by atoms with E-state index in [1.807, 2.05) is 30.3 Å². The standard InChI is InChI=1S/C26H26FN5O4S/c1-26(2,16-27)25(33)29-19-10-12-20(13-11-19)32-37(34,35)21-14-8-18(9-15-21)23-30-24(36-31-23)22(28)17-6-4-3-5-7-17/h3-15,22,32H,16,28H2,1-2H3,(H,29,33)/t22-/m0/s1. The van der Waals surface area contributed by atoms with Crippen LogP contribution < -0.4 is 15.8 Å². The van der Waals surface area contributed by atoms with Gasteiger partial charge in [0.15, 0.2) is 0 Å². The lowest BCUT2D eigenvalue weighted by Crippen LogP contribution is -2.32. The SMILES string of the molecule is CC(C)(CF)C(=O)Nc1ccc(NS(=O)(=O)c2ccc(-c3noc([C@@H](N)c4ccccc4)n3)cc2)cc1. The molecule has 192 valence electrons. The number of hydrogen-bond acceptors (Lipinski definition) is 7. The van der Waals surface area contributed by atoms with Crippen molar-refractivity contribution in [1.82, 2.24) is 10.1 Å². The molecule has 0 radical (unpaired) electrons. The molecular formula is C26H26FN5O4S. The van der Waals surface area contributed by atoms with E-state index in [4.69, 9.17) is 10.3 Å². The number of hydrogen-bond donors (Lipinski definition) is 3. The summed E-state index contributed by atoms with van der Waals surface area (Å²) in [5, 5.41) is 6.57. The molecule has 0 spiro atoms. The van der Waals surface area contributed by atoms with E-state index < -0.39 is 34.1 Å². The zero-order valence-electron chi connectivity index (χ0n) is 20.2. The smallest absolute Gasteiger partial charge is 0.261 e. The molecule has 4 aromatic rings. The predicted octanol–water partition coefficient (Wildman–Crippen LogP) is 4.52. The largest absolute Gasteiger partial charge is 0.337 e. The van der Waals surface area contributed by atoms with Crippen molar-refractivity contribution < 1.29 is 22.1 Å². The molecule has 37 heavy (non-hydrogen) atoms. The number of halogens is 1. The molecule has 1 aromatic heterocycles. The van der Waals surface area contributed by atoms with Gasteiger partial charge in [-0.1, -0.05) is 35.5 Å². The van der Waals surface area contributed by atoms with Crippen molar-refractivity contribution in [2.75, 3.05) is 16.7 Å². The van der Waals surface area contributed by atoms with Gasteiger partial charge >= 0.3 is 0 Å². The van der Waals surface area contributed by atoms with Gasteiger partial charge in [0.1, 0.15) is 12.7 Å². The summed E-state index contributed by atoms with van der Waals surface area (Å²) in [7, 11) is -3.89. The number of alkyl halides is 1. The zero-order valence-corrected chi connectivity index (χ0v) is 21.0. The number of sulfonamides is 1. The van der Waals surface area contributed by atoms with E-state index in [0.717, 1.165) is 5.56 Å². The average molecular weight is 524 g/mol. The van der Waals surface area contributed by atoms with Gasteiger partial charge in [-0.15, -0.1) is 0 Å². The molecule has 0 aliphatic carbocycles. The van der Waals surface area contributed by atoms with Crippen molar-refractivity contribution >= 4 is 27.3 Å². The van der Waals surface area contributed by atoms with Gasteiger partial charge in [-0.25, -0.2) is 12.8 Å². The molecule has 1 heterocycles. The van der Waals surface area contributed by atoms with E-state index in [-0.39, 0.29) is 16.6 Å². The molecular weight excluding hydrogens is 497 g/mol. The molecule has 4 rings (SSSR count). The minimum atomic E-state index is -3.89. The Balaban J connectivity index is 1.43. The van der Waals surface area contributed by atoms with Gasteiger partial charge in [0.25, 0.3) is 10.0 Å². The van der Waals surface area contributed by atoms with Gasteiger partial charge < -0.3 is 15.6 Å². The molecule has 0 saturated heterocycles. The van der Waals surface area contributed by atoms with E-state index in [0.29, 0.717) is 16.9 Å². The minimum absolute atomic E-state index is 0.0306. The van der Waals surface area contributed by atoms with E-state index in [9.17, 15) is 17.6 Å². The van der Waals surface area contributed by atoms with Crippen molar-refractivity contribution in [2.24, 2.45) is 11.1 Å². The van der Waals surface area contributed by atoms with Crippen LogP contribution in [0.3, 0.4) is 0 Å². The Morgan fingerprint density at radius 3 is 2.24 bits per heavy atom. The lowest BCUT2D eigenvalue weighted by molar-refractivity contribution is -0.124. The average Bonchev–Trinajstić information content (AvgIpc) is 3.40. The Morgan fingerprint density at radius 2 is 1.62 bits per heavy atom. The summed E-state index contributed by atoms with van der Waals surface area (Å²) in [6.45, 7) is 2.19. The highest BCUT2D eigenvalue weighted by atomic mass is 32.2. The molecule has 1 atom stereocenters. The fourth-order valence-electron chi connectivity index (χ4n) is 3.26. The Bertz CT molecular complexity index is 1470. The Hall–Kier alpha value is -4.09. The first-order chi connectivity index (χ1) is 17.6. The number of aromatic nitrogens is 2. The number of carbonyl (C=O) groups is 1. The number of nitrogens with one attached hydrogen (secondary N) is 2. The summed E-state index contributed by atoms with van der Waals surface area (Å²) in [5.74, 6) is 0.0542. The van der Waals surface area contributed by atoms with Gasteiger partial charge in [-0.3, -0.25) is 9.52 Å². The third kappa shape index (κ3) is 6.01. The van der Waals surface area contributed by atoms with Crippen molar-refractivity contribution in [3.8, 4) is 11.4 Å². The molecule has 0 aliphatic rings. The first-order valence-electron chi connectivity index (χ1n) is 11.3. The fraction of sp³-hybridized carbons (Fsp3) is 0.192. The highest BCUT2D eigenvalue weighted by Gasteiger charge is 2.27. The lowest BCUT2D eigenvalue weighted by atomic mass is 9.94. The van der Waals surface area contributed by atoms with E-state index in [1.54, 1.807) is 12.1 Å². The maximum atomic E-state index is 13.0. The summed E-state index contributed by atoms with van der Waals surface area (Å²) >= 11 is 0. The van der Waals surface area contributed by atoms with E-state index in [2.05, 4.69) is 20.2 Å². The number of carbonyl (C=O) groups excluding carboxylic acids is 1. The van der Waals surface area contributed by atoms with Gasteiger partial charge in [0.05, 0.1) is 10.3 Å². The quantitative estimate of drug-likeness (QED) is 0.293. The molecule has 9 nitrogen and oxygen atoms in total. The summed E-state index contributed by atoms with van der Waals surface area (Å²) < 4.78 is 46.5. The summed E-state index contributed by atoms with van der Waals surface area (Å²) in [5.41, 5.74) is 7.14. The lowest BCUT2D eigenvalue weighted by Gasteiger charge is -2.19. The Labute approximate surface area is 214 Å². The van der Waals surface area contributed by atoms with Crippen LogP contribution in [0.4, 0.5) is 15.8 Å². The predicted molar refractivity (Wildman–Crippen MR) is 138 cm³/mol.